The highest BCUT2D eigenvalue weighted by atomic mass is 19.1. The Morgan fingerprint density at radius 3 is 2.82 bits per heavy atom. The number of benzene rings is 1. The van der Waals surface area contributed by atoms with Gasteiger partial charge in [0.1, 0.15) is 18.0 Å². The summed E-state index contributed by atoms with van der Waals surface area (Å²) in [6, 6.07) is 4.49. The highest BCUT2D eigenvalue weighted by Gasteiger charge is 2.16. The van der Waals surface area contributed by atoms with E-state index in [0.29, 0.717) is 11.3 Å². The summed E-state index contributed by atoms with van der Waals surface area (Å²) < 4.78 is 14.7. The normalized spacial score (nSPS) is 10.5. The van der Waals surface area contributed by atoms with Crippen LogP contribution < -0.4 is 5.73 Å². The van der Waals surface area contributed by atoms with Crippen LogP contribution in [0.15, 0.2) is 24.5 Å². The summed E-state index contributed by atoms with van der Waals surface area (Å²) in [5.74, 6) is -1.62. The molecule has 2 aromatic rings. The van der Waals surface area contributed by atoms with E-state index in [9.17, 15) is 9.18 Å². The second kappa shape index (κ2) is 3.89. The standard InChI is InChI=1S/C11H10FN3O2/c1-6-7(12)3-2-4-8(6)15-5-14-9(10(15)13)11(16)17/h2-5H,13H2,1H3,(H,16,17). The molecule has 0 aliphatic heterocycles. The molecule has 0 fully saturated rings. The molecule has 0 radical (unpaired) electrons. The maximum Gasteiger partial charge on any atom is 0.358 e. The lowest BCUT2D eigenvalue weighted by Gasteiger charge is -2.09. The third-order valence-electron chi connectivity index (χ3n) is 2.51. The molecule has 0 aliphatic carbocycles. The van der Waals surface area contributed by atoms with Crippen molar-refractivity contribution < 1.29 is 14.3 Å². The summed E-state index contributed by atoms with van der Waals surface area (Å²) in [7, 11) is 0. The zero-order chi connectivity index (χ0) is 12.6. The van der Waals surface area contributed by atoms with Crippen molar-refractivity contribution in [2.24, 2.45) is 0 Å². The number of nitrogens with two attached hydrogens (primary N) is 1. The van der Waals surface area contributed by atoms with E-state index in [1.165, 1.54) is 23.0 Å². The van der Waals surface area contributed by atoms with Gasteiger partial charge in [0.2, 0.25) is 0 Å². The van der Waals surface area contributed by atoms with Crippen LogP contribution in [0.25, 0.3) is 5.69 Å². The van der Waals surface area contributed by atoms with Gasteiger partial charge < -0.3 is 10.8 Å². The van der Waals surface area contributed by atoms with Crippen molar-refractivity contribution in [1.29, 1.82) is 0 Å². The maximum absolute atomic E-state index is 13.4. The molecule has 1 aromatic carbocycles. The molecule has 0 saturated carbocycles. The van der Waals surface area contributed by atoms with E-state index < -0.39 is 5.97 Å². The summed E-state index contributed by atoms with van der Waals surface area (Å²) >= 11 is 0. The van der Waals surface area contributed by atoms with Crippen LogP contribution in [0.3, 0.4) is 0 Å². The van der Waals surface area contributed by atoms with Crippen molar-refractivity contribution in [3.8, 4) is 5.69 Å². The van der Waals surface area contributed by atoms with Crippen LogP contribution >= 0.6 is 0 Å². The molecular formula is C11H10FN3O2. The Balaban J connectivity index is 2.62. The number of carboxylic acid groups (broad SMARTS) is 1. The number of hydrogen-bond acceptors (Lipinski definition) is 3. The highest BCUT2D eigenvalue weighted by Crippen LogP contribution is 2.21. The predicted molar refractivity (Wildman–Crippen MR) is 59.6 cm³/mol. The summed E-state index contributed by atoms with van der Waals surface area (Å²) in [6.45, 7) is 1.59. The monoisotopic (exact) mass is 235 g/mol. The number of carboxylic acids is 1. The minimum atomic E-state index is -1.21. The molecule has 0 atom stereocenters. The van der Waals surface area contributed by atoms with E-state index in [2.05, 4.69) is 4.98 Å². The van der Waals surface area contributed by atoms with Gasteiger partial charge in [-0.3, -0.25) is 4.57 Å². The third-order valence-corrected chi connectivity index (χ3v) is 2.51. The number of aromatic nitrogens is 2. The number of hydrogen-bond donors (Lipinski definition) is 2. The first kappa shape index (κ1) is 11.1. The van der Waals surface area contributed by atoms with E-state index >= 15 is 0 Å². The van der Waals surface area contributed by atoms with Crippen LogP contribution in [0.5, 0.6) is 0 Å². The first-order valence-electron chi connectivity index (χ1n) is 4.84. The number of nitrogen functional groups attached to an aromatic ring is 1. The van der Waals surface area contributed by atoms with Crippen LogP contribution in [-0.2, 0) is 0 Å². The van der Waals surface area contributed by atoms with Gasteiger partial charge in [-0.25, -0.2) is 14.2 Å². The Morgan fingerprint density at radius 2 is 2.24 bits per heavy atom. The second-order valence-electron chi connectivity index (χ2n) is 3.54. The van der Waals surface area contributed by atoms with Crippen molar-refractivity contribution in [3.63, 3.8) is 0 Å². The number of carbonyl (C=O) groups is 1. The van der Waals surface area contributed by atoms with Gasteiger partial charge >= 0.3 is 5.97 Å². The van der Waals surface area contributed by atoms with Crippen molar-refractivity contribution in [2.45, 2.75) is 6.92 Å². The molecule has 0 aliphatic rings. The molecule has 88 valence electrons. The minimum Gasteiger partial charge on any atom is -0.476 e. The van der Waals surface area contributed by atoms with Crippen LogP contribution in [0, 0.1) is 12.7 Å². The molecule has 0 unspecified atom stereocenters. The van der Waals surface area contributed by atoms with Gasteiger partial charge in [0.05, 0.1) is 5.69 Å². The molecule has 0 saturated heterocycles. The molecule has 2 rings (SSSR count). The Morgan fingerprint density at radius 1 is 1.53 bits per heavy atom. The zero-order valence-electron chi connectivity index (χ0n) is 9.01. The lowest BCUT2D eigenvalue weighted by Crippen LogP contribution is -2.06. The predicted octanol–water partition coefficient (Wildman–Crippen LogP) is 1.60. The van der Waals surface area contributed by atoms with Crippen LogP contribution in [0.2, 0.25) is 0 Å². The number of aromatic carboxylic acids is 1. The number of anilines is 1. The number of imidazole rings is 1. The zero-order valence-corrected chi connectivity index (χ0v) is 9.01. The Bertz CT molecular complexity index is 592. The lowest BCUT2D eigenvalue weighted by molar-refractivity contribution is 0.0692. The van der Waals surface area contributed by atoms with E-state index in [-0.39, 0.29) is 17.3 Å². The molecule has 0 spiro atoms. The van der Waals surface area contributed by atoms with E-state index in [1.807, 2.05) is 0 Å². The van der Waals surface area contributed by atoms with Gasteiger partial charge in [-0.05, 0) is 19.1 Å². The quantitative estimate of drug-likeness (QED) is 0.828. The minimum absolute atomic E-state index is 0.0220. The second-order valence-corrected chi connectivity index (χ2v) is 3.54. The van der Waals surface area contributed by atoms with Gasteiger partial charge in [-0.1, -0.05) is 6.07 Å². The fraction of sp³-hybridized carbons (Fsp3) is 0.0909. The van der Waals surface area contributed by atoms with Gasteiger partial charge in [-0.2, -0.15) is 0 Å². The summed E-state index contributed by atoms with van der Waals surface area (Å²) in [5, 5.41) is 8.82. The molecule has 1 aromatic heterocycles. The van der Waals surface area contributed by atoms with E-state index in [1.54, 1.807) is 13.0 Å². The summed E-state index contributed by atoms with van der Waals surface area (Å²) in [5.41, 5.74) is 6.27. The Kier molecular flexibility index (Phi) is 2.55. The molecule has 17 heavy (non-hydrogen) atoms. The maximum atomic E-state index is 13.4. The van der Waals surface area contributed by atoms with Crippen molar-refractivity contribution in [2.75, 3.05) is 5.73 Å². The average Bonchev–Trinajstić information content (AvgIpc) is 2.64. The van der Waals surface area contributed by atoms with Gasteiger partial charge in [0.15, 0.2) is 5.69 Å². The van der Waals surface area contributed by atoms with E-state index in [4.69, 9.17) is 10.8 Å². The first-order chi connectivity index (χ1) is 8.02. The van der Waals surface area contributed by atoms with Gasteiger partial charge in [0, 0.05) is 5.56 Å². The molecule has 6 heteroatoms. The highest BCUT2D eigenvalue weighted by molar-refractivity contribution is 5.90. The summed E-state index contributed by atoms with van der Waals surface area (Å²) in [4.78, 5) is 14.5. The SMILES string of the molecule is Cc1c(F)cccc1-n1cnc(C(=O)O)c1N. The smallest absolute Gasteiger partial charge is 0.358 e. The number of rotatable bonds is 2. The molecule has 3 N–H and O–H groups in total. The third kappa shape index (κ3) is 1.73. The van der Waals surface area contributed by atoms with Crippen LogP contribution in [-0.4, -0.2) is 20.6 Å². The summed E-state index contributed by atoms with van der Waals surface area (Å²) in [6.07, 6.45) is 1.26. The molecular weight excluding hydrogens is 225 g/mol. The van der Waals surface area contributed by atoms with Crippen molar-refractivity contribution in [1.82, 2.24) is 9.55 Å². The molecule has 0 bridgehead atoms. The first-order valence-corrected chi connectivity index (χ1v) is 4.84. The van der Waals surface area contributed by atoms with Crippen molar-refractivity contribution >= 4 is 11.8 Å². The molecule has 5 nitrogen and oxygen atoms in total. The number of nitrogens with zero attached hydrogens (tertiary/aromatic N) is 2. The molecule has 1 heterocycles. The fourth-order valence-electron chi connectivity index (χ4n) is 1.57. The van der Waals surface area contributed by atoms with Gasteiger partial charge in [-0.15, -0.1) is 0 Å². The van der Waals surface area contributed by atoms with Crippen LogP contribution in [0.4, 0.5) is 10.2 Å². The average molecular weight is 235 g/mol. The largest absolute Gasteiger partial charge is 0.476 e. The van der Waals surface area contributed by atoms with Crippen molar-refractivity contribution in [3.05, 3.63) is 41.6 Å². The fourth-order valence-corrected chi connectivity index (χ4v) is 1.57. The Labute approximate surface area is 96.3 Å². The van der Waals surface area contributed by atoms with Gasteiger partial charge in [0.25, 0.3) is 0 Å². The topological polar surface area (TPSA) is 81.1 Å². The van der Waals surface area contributed by atoms with Crippen LogP contribution in [0.1, 0.15) is 16.1 Å². The molecule has 0 amide bonds. The lowest BCUT2D eigenvalue weighted by atomic mass is 10.2. The van der Waals surface area contributed by atoms with E-state index in [0.717, 1.165) is 0 Å². The number of halogens is 1. The Hall–Kier alpha value is -2.37.